The van der Waals surface area contributed by atoms with Crippen LogP contribution in [0.1, 0.15) is 33.3 Å². The molecule has 0 saturated carbocycles. The number of benzene rings is 1. The van der Waals surface area contributed by atoms with Crippen molar-refractivity contribution in [3.05, 3.63) is 35.6 Å². The zero-order valence-electron chi connectivity index (χ0n) is 13.8. The largest absolute Gasteiger partial charge is 0.444 e. The Morgan fingerprint density at radius 2 is 1.91 bits per heavy atom. The fourth-order valence-electron chi connectivity index (χ4n) is 2.55. The van der Waals surface area contributed by atoms with Crippen LogP contribution in [0.2, 0.25) is 0 Å². The van der Waals surface area contributed by atoms with E-state index in [9.17, 15) is 9.18 Å². The summed E-state index contributed by atoms with van der Waals surface area (Å²) < 4.78 is 18.4. The number of hydrogen-bond acceptors (Lipinski definition) is 3. The second-order valence-electron chi connectivity index (χ2n) is 6.87. The van der Waals surface area contributed by atoms with Crippen LogP contribution in [-0.4, -0.2) is 47.2 Å². The van der Waals surface area contributed by atoms with Gasteiger partial charge in [-0.25, -0.2) is 9.18 Å². The maximum atomic E-state index is 12.9. The summed E-state index contributed by atoms with van der Waals surface area (Å²) in [4.78, 5) is 16.2. The van der Waals surface area contributed by atoms with Gasteiger partial charge < -0.3 is 9.64 Å². The summed E-state index contributed by atoms with van der Waals surface area (Å²) in [6, 6.07) is 6.82. The molecule has 5 heteroatoms. The zero-order chi connectivity index (χ0) is 16.3. The van der Waals surface area contributed by atoms with Crippen LogP contribution >= 0.6 is 0 Å². The lowest BCUT2D eigenvalue weighted by Crippen LogP contribution is -2.54. The quantitative estimate of drug-likeness (QED) is 0.840. The first kappa shape index (κ1) is 16.7. The highest BCUT2D eigenvalue weighted by Crippen LogP contribution is 2.17. The third kappa shape index (κ3) is 4.70. The predicted molar refractivity (Wildman–Crippen MR) is 84.1 cm³/mol. The first-order valence-corrected chi connectivity index (χ1v) is 7.71. The molecule has 0 radical (unpaired) electrons. The van der Waals surface area contributed by atoms with E-state index in [0.29, 0.717) is 13.1 Å². The van der Waals surface area contributed by atoms with Gasteiger partial charge in [-0.05, 0) is 45.4 Å². The molecule has 2 rings (SSSR count). The molecular weight excluding hydrogens is 283 g/mol. The maximum Gasteiger partial charge on any atom is 0.410 e. The lowest BCUT2D eigenvalue weighted by molar-refractivity contribution is 0.00461. The van der Waals surface area contributed by atoms with Gasteiger partial charge in [-0.2, -0.15) is 0 Å². The van der Waals surface area contributed by atoms with Crippen molar-refractivity contribution < 1.29 is 13.9 Å². The van der Waals surface area contributed by atoms with Crippen LogP contribution in [0.3, 0.4) is 0 Å². The van der Waals surface area contributed by atoms with E-state index in [0.717, 1.165) is 18.7 Å². The first-order valence-electron chi connectivity index (χ1n) is 7.71. The second kappa shape index (κ2) is 6.65. The molecule has 0 unspecified atom stereocenters. The fraction of sp³-hybridized carbons (Fsp3) is 0.588. The Kier molecular flexibility index (Phi) is 5.06. The number of amides is 1. The molecule has 122 valence electrons. The Morgan fingerprint density at radius 1 is 1.27 bits per heavy atom. The monoisotopic (exact) mass is 308 g/mol. The van der Waals surface area contributed by atoms with Crippen molar-refractivity contribution in [1.82, 2.24) is 9.80 Å². The van der Waals surface area contributed by atoms with Gasteiger partial charge in [0.2, 0.25) is 0 Å². The number of piperazine rings is 1. The molecule has 1 saturated heterocycles. The van der Waals surface area contributed by atoms with E-state index in [2.05, 4.69) is 11.8 Å². The number of carbonyl (C=O) groups excluding carboxylic acids is 1. The number of nitrogens with zero attached hydrogens (tertiary/aromatic N) is 2. The maximum absolute atomic E-state index is 12.9. The highest BCUT2D eigenvalue weighted by molar-refractivity contribution is 5.68. The topological polar surface area (TPSA) is 32.8 Å². The van der Waals surface area contributed by atoms with Crippen LogP contribution in [0.4, 0.5) is 9.18 Å². The minimum absolute atomic E-state index is 0.216. The minimum Gasteiger partial charge on any atom is -0.444 e. The molecule has 0 aliphatic carbocycles. The van der Waals surface area contributed by atoms with E-state index in [4.69, 9.17) is 4.74 Å². The Hall–Kier alpha value is -1.62. The lowest BCUT2D eigenvalue weighted by Gasteiger charge is -2.40. The zero-order valence-corrected chi connectivity index (χ0v) is 13.8. The molecule has 1 heterocycles. The third-order valence-corrected chi connectivity index (χ3v) is 3.72. The predicted octanol–water partition coefficient (Wildman–Crippen LogP) is 3.27. The molecule has 0 aromatic heterocycles. The average molecular weight is 308 g/mol. The molecule has 1 aromatic carbocycles. The summed E-state index contributed by atoms with van der Waals surface area (Å²) in [5, 5.41) is 0. The number of halogens is 1. The second-order valence-corrected chi connectivity index (χ2v) is 6.87. The van der Waals surface area contributed by atoms with E-state index in [1.54, 1.807) is 4.90 Å². The summed E-state index contributed by atoms with van der Waals surface area (Å²) in [6.45, 7) is 10.6. The van der Waals surface area contributed by atoms with Crippen molar-refractivity contribution in [3.63, 3.8) is 0 Å². The molecule has 1 amide bonds. The van der Waals surface area contributed by atoms with Gasteiger partial charge in [0.25, 0.3) is 0 Å². The van der Waals surface area contributed by atoms with Crippen molar-refractivity contribution in [2.24, 2.45) is 0 Å². The molecule has 1 atom stereocenters. The van der Waals surface area contributed by atoms with E-state index < -0.39 is 5.60 Å². The summed E-state index contributed by atoms with van der Waals surface area (Å²) in [5.41, 5.74) is 0.616. The Bertz CT molecular complexity index is 510. The molecule has 1 aliphatic rings. The Labute approximate surface area is 131 Å². The van der Waals surface area contributed by atoms with Gasteiger partial charge in [0.1, 0.15) is 11.4 Å². The average Bonchev–Trinajstić information content (AvgIpc) is 2.41. The summed E-state index contributed by atoms with van der Waals surface area (Å²) >= 11 is 0. The molecule has 1 fully saturated rings. The van der Waals surface area contributed by atoms with Gasteiger partial charge in [0, 0.05) is 32.2 Å². The highest BCUT2D eigenvalue weighted by Gasteiger charge is 2.29. The number of ether oxygens (including phenoxy) is 1. The standard InChI is InChI=1S/C17H25FN2O2/c1-13-11-20(16(21)22-17(2,3)4)10-9-19(13)12-14-5-7-15(18)8-6-14/h5-8,13H,9-12H2,1-4H3/t13-/m0/s1. The number of rotatable bonds is 2. The first-order chi connectivity index (χ1) is 10.2. The fourth-order valence-corrected chi connectivity index (χ4v) is 2.55. The number of hydrogen-bond donors (Lipinski definition) is 0. The van der Waals surface area contributed by atoms with Crippen LogP contribution < -0.4 is 0 Å². The molecule has 1 aliphatic heterocycles. The number of carbonyl (C=O) groups is 1. The van der Waals surface area contributed by atoms with Gasteiger partial charge in [0.05, 0.1) is 0 Å². The normalized spacial score (nSPS) is 20.0. The minimum atomic E-state index is -0.467. The summed E-state index contributed by atoms with van der Waals surface area (Å²) in [5.74, 6) is -0.216. The van der Waals surface area contributed by atoms with Crippen LogP contribution in [0.15, 0.2) is 24.3 Å². The van der Waals surface area contributed by atoms with Gasteiger partial charge in [-0.15, -0.1) is 0 Å². The summed E-state index contributed by atoms with van der Waals surface area (Å²) in [7, 11) is 0. The molecule has 0 spiro atoms. The van der Waals surface area contributed by atoms with Crippen molar-refractivity contribution in [1.29, 1.82) is 0 Å². The molecule has 1 aromatic rings. The Morgan fingerprint density at radius 3 is 2.45 bits per heavy atom. The van der Waals surface area contributed by atoms with Crippen molar-refractivity contribution in [2.75, 3.05) is 19.6 Å². The van der Waals surface area contributed by atoms with E-state index >= 15 is 0 Å². The van der Waals surface area contributed by atoms with Crippen LogP contribution in [0.25, 0.3) is 0 Å². The SMILES string of the molecule is C[C@H]1CN(C(=O)OC(C)(C)C)CCN1Cc1ccc(F)cc1. The van der Waals surface area contributed by atoms with Gasteiger partial charge >= 0.3 is 6.09 Å². The van der Waals surface area contributed by atoms with E-state index in [-0.39, 0.29) is 18.0 Å². The molecular formula is C17H25FN2O2. The third-order valence-electron chi connectivity index (χ3n) is 3.72. The van der Waals surface area contributed by atoms with Crippen LogP contribution in [0.5, 0.6) is 0 Å². The molecule has 0 bridgehead atoms. The van der Waals surface area contributed by atoms with Gasteiger partial charge in [-0.3, -0.25) is 4.90 Å². The Balaban J connectivity index is 1.90. The lowest BCUT2D eigenvalue weighted by atomic mass is 10.1. The summed E-state index contributed by atoms with van der Waals surface area (Å²) in [6.07, 6.45) is -0.249. The molecule has 0 N–H and O–H groups in total. The van der Waals surface area contributed by atoms with Gasteiger partial charge in [-0.1, -0.05) is 12.1 Å². The highest BCUT2D eigenvalue weighted by atomic mass is 19.1. The molecule has 22 heavy (non-hydrogen) atoms. The van der Waals surface area contributed by atoms with Crippen molar-refractivity contribution >= 4 is 6.09 Å². The van der Waals surface area contributed by atoms with E-state index in [1.165, 1.54) is 12.1 Å². The van der Waals surface area contributed by atoms with E-state index in [1.807, 2.05) is 32.9 Å². The van der Waals surface area contributed by atoms with Crippen molar-refractivity contribution in [2.45, 2.75) is 45.9 Å². The molecule has 4 nitrogen and oxygen atoms in total. The van der Waals surface area contributed by atoms with Gasteiger partial charge in [0.15, 0.2) is 0 Å². The van der Waals surface area contributed by atoms with Crippen molar-refractivity contribution in [3.8, 4) is 0 Å². The smallest absolute Gasteiger partial charge is 0.410 e. The van der Waals surface area contributed by atoms with Crippen LogP contribution in [-0.2, 0) is 11.3 Å². The van der Waals surface area contributed by atoms with Crippen LogP contribution in [0, 0.1) is 5.82 Å².